The van der Waals surface area contributed by atoms with E-state index in [0.29, 0.717) is 0 Å². The Kier molecular flexibility index (Phi) is 24.0. The van der Waals surface area contributed by atoms with Crippen molar-refractivity contribution >= 4 is 11.1 Å². The third kappa shape index (κ3) is 16.7. The van der Waals surface area contributed by atoms with Crippen molar-refractivity contribution in [3.05, 3.63) is 109 Å². The fourth-order valence-electron chi connectivity index (χ4n) is 2.50. The Morgan fingerprint density at radius 2 is 1.42 bits per heavy atom. The molecule has 0 amide bonds. The number of hydrogen-bond donors (Lipinski definition) is 0. The molecular formula is C33H52. The Morgan fingerprint density at radius 1 is 0.909 bits per heavy atom. The molecule has 0 spiro atoms. The van der Waals surface area contributed by atoms with Crippen LogP contribution < -0.4 is 0 Å². The monoisotopic (exact) mass is 448 g/mol. The summed E-state index contributed by atoms with van der Waals surface area (Å²) in [5.74, 6) is 0.884. The van der Waals surface area contributed by atoms with Crippen molar-refractivity contribution in [1.29, 1.82) is 0 Å². The molecule has 0 nitrogen and oxygen atoms in total. The molecule has 0 atom stereocenters. The maximum absolute atomic E-state index is 3.95. The minimum atomic E-state index is 0.884. The number of rotatable bonds is 8. The predicted molar refractivity (Wildman–Crippen MR) is 159 cm³/mol. The third-order valence-corrected chi connectivity index (χ3v) is 4.73. The van der Waals surface area contributed by atoms with Crippen LogP contribution >= 0.6 is 0 Å². The minimum absolute atomic E-state index is 0.884. The van der Waals surface area contributed by atoms with Crippen LogP contribution in [0, 0.1) is 5.92 Å². The van der Waals surface area contributed by atoms with Gasteiger partial charge in [0, 0.05) is 0 Å². The molecule has 0 aliphatic rings. The van der Waals surface area contributed by atoms with Crippen molar-refractivity contribution in [2.45, 2.75) is 82.1 Å². The van der Waals surface area contributed by atoms with Crippen LogP contribution in [0.3, 0.4) is 0 Å². The second kappa shape index (κ2) is 22.6. The summed E-state index contributed by atoms with van der Waals surface area (Å²) < 4.78 is 0. The van der Waals surface area contributed by atoms with Gasteiger partial charge in [0.1, 0.15) is 0 Å². The van der Waals surface area contributed by atoms with Crippen molar-refractivity contribution < 1.29 is 0 Å². The number of allylic oxidation sites excluding steroid dienone is 10. The van der Waals surface area contributed by atoms with Gasteiger partial charge in [0.15, 0.2) is 0 Å². The largest absolute Gasteiger partial charge is 0.0985 e. The molecule has 0 N–H and O–H groups in total. The molecule has 33 heavy (non-hydrogen) atoms. The van der Waals surface area contributed by atoms with Crippen molar-refractivity contribution in [2.24, 2.45) is 5.92 Å². The van der Waals surface area contributed by atoms with Gasteiger partial charge in [0.2, 0.25) is 0 Å². The fraction of sp³-hybridized carbons (Fsp3) is 0.394. The molecule has 184 valence electrons. The van der Waals surface area contributed by atoms with Gasteiger partial charge in [-0.3, -0.25) is 0 Å². The van der Waals surface area contributed by atoms with E-state index in [4.69, 9.17) is 0 Å². The van der Waals surface area contributed by atoms with Crippen LogP contribution in [0.1, 0.15) is 93.2 Å². The molecule has 1 aromatic rings. The van der Waals surface area contributed by atoms with Crippen LogP contribution in [0.2, 0.25) is 0 Å². The normalized spacial score (nSPS) is 10.3. The molecule has 0 aromatic heterocycles. The van der Waals surface area contributed by atoms with Gasteiger partial charge in [-0.1, -0.05) is 134 Å². The Labute approximate surface area is 207 Å². The lowest BCUT2D eigenvalue weighted by atomic mass is 10.00. The summed E-state index contributed by atoms with van der Waals surface area (Å²) >= 11 is 0. The Balaban J connectivity index is -0.000000439. The molecule has 0 bridgehead atoms. The van der Waals surface area contributed by atoms with E-state index in [1.165, 1.54) is 34.3 Å². The van der Waals surface area contributed by atoms with Gasteiger partial charge in [-0.2, -0.15) is 0 Å². The summed E-state index contributed by atoms with van der Waals surface area (Å²) in [4.78, 5) is 0. The van der Waals surface area contributed by atoms with E-state index in [9.17, 15) is 0 Å². The van der Waals surface area contributed by atoms with E-state index in [1.54, 1.807) is 0 Å². The van der Waals surface area contributed by atoms with E-state index in [2.05, 4.69) is 98.2 Å². The lowest BCUT2D eigenvalue weighted by Gasteiger charge is -2.05. The molecule has 0 saturated carbocycles. The van der Waals surface area contributed by atoms with Gasteiger partial charge >= 0.3 is 0 Å². The van der Waals surface area contributed by atoms with E-state index in [0.717, 1.165) is 23.5 Å². The topological polar surface area (TPSA) is 0 Å². The lowest BCUT2D eigenvalue weighted by molar-refractivity contribution is 0.626. The first kappa shape index (κ1) is 35.0. The summed E-state index contributed by atoms with van der Waals surface area (Å²) in [6.45, 7) is 36.2. The average molecular weight is 449 g/mol. The second-order valence-electron chi connectivity index (χ2n) is 8.00. The highest BCUT2D eigenvalue weighted by atomic mass is 14.0. The molecule has 0 aliphatic heterocycles. The predicted octanol–water partition coefficient (Wildman–Crippen LogP) is 11.4. The highest BCUT2D eigenvalue weighted by Gasteiger charge is 1.99. The Bertz CT molecular complexity index is 787. The van der Waals surface area contributed by atoms with E-state index >= 15 is 0 Å². The van der Waals surface area contributed by atoms with Gasteiger partial charge < -0.3 is 0 Å². The van der Waals surface area contributed by atoms with Gasteiger partial charge in [-0.05, 0) is 73.9 Å². The quantitative estimate of drug-likeness (QED) is 0.347. The highest BCUT2D eigenvalue weighted by Crippen LogP contribution is 2.20. The second-order valence-corrected chi connectivity index (χ2v) is 8.00. The maximum atomic E-state index is 3.95. The van der Waals surface area contributed by atoms with Crippen molar-refractivity contribution in [3.8, 4) is 0 Å². The number of benzene rings is 1. The SMILES string of the molecule is C=C/C(=C\CC)c1cccc(C(=C)C)c1.C=CC(=C(C)C)/C(C=C)=C/C.CC.CCC(C)C. The van der Waals surface area contributed by atoms with Gasteiger partial charge in [-0.25, -0.2) is 0 Å². The smallest absolute Gasteiger partial charge is 0.0181 e. The van der Waals surface area contributed by atoms with Crippen molar-refractivity contribution in [1.82, 2.24) is 0 Å². The summed E-state index contributed by atoms with van der Waals surface area (Å²) in [7, 11) is 0. The molecule has 0 unspecified atom stereocenters. The lowest BCUT2D eigenvalue weighted by Crippen LogP contribution is -1.84. The summed E-state index contributed by atoms with van der Waals surface area (Å²) in [5, 5.41) is 0. The Hall–Kier alpha value is -2.60. The Morgan fingerprint density at radius 3 is 1.70 bits per heavy atom. The van der Waals surface area contributed by atoms with Crippen LogP contribution in [-0.2, 0) is 0 Å². The summed E-state index contributed by atoms with van der Waals surface area (Å²) in [5.41, 5.74) is 8.30. The average Bonchev–Trinajstić information content (AvgIpc) is 2.82. The molecule has 0 fully saturated rings. The van der Waals surface area contributed by atoms with Gasteiger partial charge in [0.25, 0.3) is 0 Å². The standard InChI is InChI=1S/C15H18.C11H16.C5H12.C2H6/c1-5-8-13(6-2)15-10-7-9-14(11-15)12(3)4;1-6-10(7-2)11(8-3)9(4)5;1-4-5(2)3;1-2/h6-11H,2-3,5H2,1,4H3;6-8H,1,3H2,2,4-5H3;5H,4H2,1-3H3;1-2H3/b13-8+;10-7+;;. The van der Waals surface area contributed by atoms with Crippen molar-refractivity contribution in [3.63, 3.8) is 0 Å². The maximum Gasteiger partial charge on any atom is -0.0181 e. The molecule has 0 aliphatic carbocycles. The minimum Gasteiger partial charge on any atom is -0.0985 e. The zero-order valence-corrected chi connectivity index (χ0v) is 23.5. The molecule has 0 saturated heterocycles. The van der Waals surface area contributed by atoms with Crippen LogP contribution in [0.25, 0.3) is 11.1 Å². The molecule has 0 heteroatoms. The first-order chi connectivity index (χ1) is 15.6. The highest BCUT2D eigenvalue weighted by molar-refractivity contribution is 5.76. The zero-order chi connectivity index (χ0) is 26.4. The van der Waals surface area contributed by atoms with E-state index in [-0.39, 0.29) is 0 Å². The molecule has 0 heterocycles. The first-order valence-electron chi connectivity index (χ1n) is 12.3. The molecule has 1 rings (SSSR count). The zero-order valence-electron chi connectivity index (χ0n) is 23.5. The third-order valence-electron chi connectivity index (χ3n) is 4.73. The van der Waals surface area contributed by atoms with E-state index < -0.39 is 0 Å². The van der Waals surface area contributed by atoms with Crippen LogP contribution in [0.5, 0.6) is 0 Å². The van der Waals surface area contributed by atoms with Gasteiger partial charge in [0.05, 0.1) is 0 Å². The number of hydrogen-bond acceptors (Lipinski definition) is 0. The van der Waals surface area contributed by atoms with Crippen LogP contribution in [0.15, 0.2) is 97.7 Å². The summed E-state index contributed by atoms with van der Waals surface area (Å²) in [6, 6.07) is 8.41. The van der Waals surface area contributed by atoms with E-state index in [1.807, 2.05) is 52.0 Å². The van der Waals surface area contributed by atoms with Crippen molar-refractivity contribution in [2.75, 3.05) is 0 Å². The van der Waals surface area contributed by atoms with Crippen LogP contribution in [-0.4, -0.2) is 0 Å². The van der Waals surface area contributed by atoms with Crippen LogP contribution in [0.4, 0.5) is 0 Å². The first-order valence-corrected chi connectivity index (χ1v) is 12.3. The van der Waals surface area contributed by atoms with Gasteiger partial charge in [-0.15, -0.1) is 0 Å². The summed E-state index contributed by atoms with van der Waals surface area (Å²) in [6.07, 6.45) is 12.2. The fourth-order valence-corrected chi connectivity index (χ4v) is 2.50. The molecule has 0 radical (unpaired) electrons. The molecule has 1 aromatic carbocycles. The molecular weight excluding hydrogens is 396 g/mol.